The van der Waals surface area contributed by atoms with Crippen LogP contribution in [0.2, 0.25) is 0 Å². The van der Waals surface area contributed by atoms with Crippen molar-refractivity contribution in [3.05, 3.63) is 6.33 Å². The second-order valence-electron chi connectivity index (χ2n) is 3.19. The van der Waals surface area contributed by atoms with Crippen molar-refractivity contribution in [1.29, 1.82) is 0 Å². The molecule has 0 aromatic carbocycles. The van der Waals surface area contributed by atoms with Crippen molar-refractivity contribution < 1.29 is 9.59 Å². The van der Waals surface area contributed by atoms with Crippen LogP contribution in [0.5, 0.6) is 0 Å². The van der Waals surface area contributed by atoms with Gasteiger partial charge in [-0.2, -0.15) is 0 Å². The van der Waals surface area contributed by atoms with Gasteiger partial charge in [-0.05, 0) is 0 Å². The second-order valence-corrected chi connectivity index (χ2v) is 3.19. The number of carbonyl (C=O) groups is 2. The van der Waals surface area contributed by atoms with Gasteiger partial charge in [-0.15, -0.1) is 0 Å². The highest BCUT2D eigenvalue weighted by Crippen LogP contribution is 2.26. The maximum absolute atomic E-state index is 11.4. The topological polar surface area (TPSA) is 115 Å². The van der Waals surface area contributed by atoms with E-state index in [0.29, 0.717) is 0 Å². The molecule has 7 nitrogen and oxygen atoms in total. The Balaban J connectivity index is 2.42. The third-order valence-electron chi connectivity index (χ3n) is 2.13. The Morgan fingerprint density at radius 3 is 2.60 bits per heavy atom. The van der Waals surface area contributed by atoms with E-state index in [-0.39, 0.29) is 42.0 Å². The first-order valence-corrected chi connectivity index (χ1v) is 4.27. The monoisotopic (exact) mass is 207 g/mol. The van der Waals surface area contributed by atoms with E-state index in [1.165, 1.54) is 11.2 Å². The zero-order valence-corrected chi connectivity index (χ0v) is 7.80. The summed E-state index contributed by atoms with van der Waals surface area (Å²) in [7, 11) is 0. The van der Waals surface area contributed by atoms with Crippen molar-refractivity contribution >= 4 is 29.0 Å². The van der Waals surface area contributed by atoms with Crippen LogP contribution < -0.4 is 16.4 Å². The molecule has 1 fully saturated rings. The van der Waals surface area contributed by atoms with Gasteiger partial charge in [0.05, 0.1) is 13.0 Å². The number of Topliss-reactive ketones (excluding diaryl/α,β-unsaturated/α-hetero) is 1. The molecule has 78 valence electrons. The molecule has 0 saturated carbocycles. The Bertz CT molecular complexity index is 445. The Hall–Kier alpha value is -2.18. The SMILES string of the molecule is Nc1ncnc(N2CC(=O)CC2=O)c1N. The second kappa shape index (κ2) is 3.19. The first-order chi connectivity index (χ1) is 7.09. The van der Waals surface area contributed by atoms with Crippen LogP contribution in [-0.2, 0) is 9.59 Å². The van der Waals surface area contributed by atoms with Crippen LogP contribution in [0.4, 0.5) is 17.3 Å². The summed E-state index contributed by atoms with van der Waals surface area (Å²) >= 11 is 0. The molecule has 1 saturated heterocycles. The van der Waals surface area contributed by atoms with Crippen molar-refractivity contribution in [2.75, 3.05) is 22.9 Å². The smallest absolute Gasteiger partial charge is 0.236 e. The summed E-state index contributed by atoms with van der Waals surface area (Å²) in [6.45, 7) is -0.000509. The zero-order valence-electron chi connectivity index (χ0n) is 7.80. The maximum Gasteiger partial charge on any atom is 0.236 e. The van der Waals surface area contributed by atoms with Gasteiger partial charge in [-0.25, -0.2) is 9.97 Å². The lowest BCUT2D eigenvalue weighted by Crippen LogP contribution is -2.27. The fraction of sp³-hybridized carbons (Fsp3) is 0.250. The van der Waals surface area contributed by atoms with Gasteiger partial charge in [0.2, 0.25) is 5.91 Å². The predicted octanol–water partition coefficient (Wildman–Crippen LogP) is -1.05. The van der Waals surface area contributed by atoms with Crippen LogP contribution in [0.3, 0.4) is 0 Å². The summed E-state index contributed by atoms with van der Waals surface area (Å²) in [5.74, 6) is -0.160. The minimum Gasteiger partial charge on any atom is -0.393 e. The molecule has 7 heteroatoms. The van der Waals surface area contributed by atoms with E-state index in [9.17, 15) is 9.59 Å². The summed E-state index contributed by atoms with van der Waals surface area (Å²) < 4.78 is 0. The molecule has 0 spiro atoms. The van der Waals surface area contributed by atoms with E-state index in [4.69, 9.17) is 11.5 Å². The lowest BCUT2D eigenvalue weighted by molar-refractivity contribution is -0.121. The van der Waals surface area contributed by atoms with E-state index < -0.39 is 0 Å². The normalized spacial score (nSPS) is 16.1. The molecular formula is C8H9N5O2. The van der Waals surface area contributed by atoms with Crippen LogP contribution in [0.25, 0.3) is 0 Å². The molecule has 1 amide bonds. The summed E-state index contributed by atoms with van der Waals surface area (Å²) in [5.41, 5.74) is 11.2. The molecule has 1 aliphatic heterocycles. The molecule has 2 rings (SSSR count). The van der Waals surface area contributed by atoms with Crippen molar-refractivity contribution in [3.63, 3.8) is 0 Å². The number of ketones is 1. The number of carbonyl (C=O) groups excluding carboxylic acids is 2. The third-order valence-corrected chi connectivity index (χ3v) is 2.13. The Morgan fingerprint density at radius 2 is 2.00 bits per heavy atom. The van der Waals surface area contributed by atoms with Gasteiger partial charge < -0.3 is 11.5 Å². The van der Waals surface area contributed by atoms with E-state index >= 15 is 0 Å². The molecule has 0 bridgehead atoms. The Morgan fingerprint density at radius 1 is 1.27 bits per heavy atom. The van der Waals surface area contributed by atoms with Crippen molar-refractivity contribution in [3.8, 4) is 0 Å². The van der Waals surface area contributed by atoms with Crippen LogP contribution in [0.15, 0.2) is 6.33 Å². The minimum atomic E-state index is -0.315. The number of nitrogen functional groups attached to an aromatic ring is 2. The molecule has 0 atom stereocenters. The number of amides is 1. The number of nitrogens with two attached hydrogens (primary N) is 2. The van der Waals surface area contributed by atoms with E-state index in [2.05, 4.69) is 9.97 Å². The van der Waals surface area contributed by atoms with Crippen molar-refractivity contribution in [2.45, 2.75) is 6.42 Å². The molecule has 2 heterocycles. The van der Waals surface area contributed by atoms with E-state index in [1.54, 1.807) is 0 Å². The van der Waals surface area contributed by atoms with Gasteiger partial charge in [0.1, 0.15) is 12.0 Å². The fourth-order valence-electron chi connectivity index (χ4n) is 1.39. The van der Waals surface area contributed by atoms with Crippen LogP contribution in [-0.4, -0.2) is 28.2 Å². The molecular weight excluding hydrogens is 198 g/mol. The van der Waals surface area contributed by atoms with E-state index in [1.807, 2.05) is 0 Å². The van der Waals surface area contributed by atoms with E-state index in [0.717, 1.165) is 0 Å². The van der Waals surface area contributed by atoms with Gasteiger partial charge >= 0.3 is 0 Å². The maximum atomic E-state index is 11.4. The minimum absolute atomic E-state index is 0.000509. The molecule has 1 aromatic rings. The summed E-state index contributed by atoms with van der Waals surface area (Å²) in [5, 5.41) is 0. The molecule has 1 aliphatic rings. The average Bonchev–Trinajstić information content (AvgIpc) is 2.50. The first-order valence-electron chi connectivity index (χ1n) is 4.27. The summed E-state index contributed by atoms with van der Waals surface area (Å²) in [4.78, 5) is 31.2. The standard InChI is InChI=1S/C8H9N5O2/c9-6-7(10)11-3-12-8(6)13-2-4(14)1-5(13)15/h3H,1-2,9H2,(H2,10,11,12). The van der Waals surface area contributed by atoms with Crippen LogP contribution >= 0.6 is 0 Å². The van der Waals surface area contributed by atoms with Gasteiger partial charge in [0.15, 0.2) is 17.4 Å². The van der Waals surface area contributed by atoms with Crippen LogP contribution in [0, 0.1) is 0 Å². The molecule has 1 aromatic heterocycles. The Kier molecular flexibility index (Phi) is 2.00. The molecule has 0 unspecified atom stereocenters. The van der Waals surface area contributed by atoms with Gasteiger partial charge in [-0.1, -0.05) is 0 Å². The summed E-state index contributed by atoms with van der Waals surface area (Å²) in [6, 6.07) is 0. The lowest BCUT2D eigenvalue weighted by Gasteiger charge is -2.15. The molecule has 4 N–H and O–H groups in total. The Labute approximate surface area is 85.1 Å². The number of hydrogen-bond acceptors (Lipinski definition) is 6. The summed E-state index contributed by atoms with van der Waals surface area (Å²) in [6.07, 6.45) is 1.10. The van der Waals surface area contributed by atoms with Gasteiger partial charge in [0.25, 0.3) is 0 Å². The number of hydrogen-bond donors (Lipinski definition) is 2. The number of rotatable bonds is 1. The predicted molar refractivity (Wildman–Crippen MR) is 52.8 cm³/mol. The largest absolute Gasteiger partial charge is 0.393 e. The highest BCUT2D eigenvalue weighted by Gasteiger charge is 2.31. The lowest BCUT2D eigenvalue weighted by atomic mass is 10.3. The van der Waals surface area contributed by atoms with Gasteiger partial charge in [0, 0.05) is 0 Å². The third kappa shape index (κ3) is 1.47. The fourth-order valence-corrected chi connectivity index (χ4v) is 1.39. The van der Waals surface area contributed by atoms with Crippen LogP contribution in [0.1, 0.15) is 6.42 Å². The molecule has 15 heavy (non-hydrogen) atoms. The highest BCUT2D eigenvalue weighted by molar-refractivity contribution is 6.15. The number of anilines is 3. The highest BCUT2D eigenvalue weighted by atomic mass is 16.2. The van der Waals surface area contributed by atoms with Crippen molar-refractivity contribution in [2.24, 2.45) is 0 Å². The quantitative estimate of drug-likeness (QED) is 0.567. The van der Waals surface area contributed by atoms with Crippen molar-refractivity contribution in [1.82, 2.24) is 9.97 Å². The average molecular weight is 207 g/mol. The number of nitrogens with zero attached hydrogens (tertiary/aromatic N) is 3. The zero-order chi connectivity index (χ0) is 11.0. The molecule has 0 radical (unpaired) electrons. The number of aromatic nitrogens is 2. The van der Waals surface area contributed by atoms with Gasteiger partial charge in [-0.3, -0.25) is 14.5 Å². The molecule has 0 aliphatic carbocycles. The first kappa shape index (κ1) is 9.38.